The number of methoxy groups -OCH3 is 1. The SMILES string of the molecule is COc1cc(C2C(C(=O)Nc3ccccc3C)=C(C)Nc3nc(SCc4ccccc4Cl)nn32)ccc1OCc1c(F)cccc1Cl. The van der Waals surface area contributed by atoms with Gasteiger partial charge in [-0.1, -0.05) is 83.5 Å². The molecule has 1 atom stereocenters. The largest absolute Gasteiger partial charge is 0.493 e. The molecule has 2 heterocycles. The van der Waals surface area contributed by atoms with Crippen LogP contribution in [0.4, 0.5) is 16.0 Å². The molecule has 8 nitrogen and oxygen atoms in total. The van der Waals surface area contributed by atoms with E-state index in [1.807, 2.05) is 68.4 Å². The fraction of sp³-hybridized carbons (Fsp3) is 0.171. The summed E-state index contributed by atoms with van der Waals surface area (Å²) >= 11 is 14.0. The van der Waals surface area contributed by atoms with Crippen LogP contribution in [-0.4, -0.2) is 27.8 Å². The summed E-state index contributed by atoms with van der Waals surface area (Å²) in [5.74, 6) is 1.05. The maximum atomic E-state index is 14.4. The van der Waals surface area contributed by atoms with Gasteiger partial charge < -0.3 is 20.1 Å². The highest BCUT2D eigenvalue weighted by Gasteiger charge is 2.35. The molecule has 6 rings (SSSR count). The first-order chi connectivity index (χ1) is 22.7. The summed E-state index contributed by atoms with van der Waals surface area (Å²) in [6, 6.07) is 24.3. The number of ether oxygens (including phenoxy) is 2. The zero-order valence-corrected chi connectivity index (χ0v) is 28.0. The van der Waals surface area contributed by atoms with E-state index in [4.69, 9.17) is 42.8 Å². The molecule has 0 fully saturated rings. The van der Waals surface area contributed by atoms with Crippen molar-refractivity contribution >= 4 is 52.5 Å². The van der Waals surface area contributed by atoms with Crippen LogP contribution in [0, 0.1) is 12.7 Å². The van der Waals surface area contributed by atoms with Crippen molar-refractivity contribution < 1.29 is 18.7 Å². The number of allylic oxidation sites excluding steroid dienone is 1. The molecule has 1 amide bonds. The Bertz CT molecular complexity index is 1980. The zero-order valence-electron chi connectivity index (χ0n) is 25.7. The van der Waals surface area contributed by atoms with Gasteiger partial charge in [0.25, 0.3) is 5.91 Å². The summed E-state index contributed by atoms with van der Waals surface area (Å²) in [6.07, 6.45) is 0. The fourth-order valence-electron chi connectivity index (χ4n) is 5.25. The van der Waals surface area contributed by atoms with Crippen LogP contribution < -0.4 is 20.1 Å². The van der Waals surface area contributed by atoms with Crippen molar-refractivity contribution in [1.82, 2.24) is 14.8 Å². The quantitative estimate of drug-likeness (QED) is 0.142. The van der Waals surface area contributed by atoms with Crippen molar-refractivity contribution in [3.05, 3.63) is 134 Å². The molecule has 2 N–H and O–H groups in total. The van der Waals surface area contributed by atoms with E-state index in [-0.39, 0.29) is 23.1 Å². The van der Waals surface area contributed by atoms with Crippen LogP contribution in [0.1, 0.15) is 35.2 Å². The minimum Gasteiger partial charge on any atom is -0.493 e. The summed E-state index contributed by atoms with van der Waals surface area (Å²) in [5, 5.41) is 12.6. The standard InChI is InChI=1S/C35H30Cl2FN5O3S/c1-20-9-4-7-14-28(20)40-33(44)31-21(2)39-34-41-35(47-19-23-10-5-6-11-25(23)36)42-43(34)32(31)22-15-16-29(30(17-22)45-3)46-18-24-26(37)12-8-13-27(24)38/h4-17,32H,18-19H2,1-3H3,(H,40,44)(H,39,41,42). The molecule has 0 spiro atoms. The Labute approximate surface area is 285 Å². The van der Waals surface area contributed by atoms with Gasteiger partial charge in [0.15, 0.2) is 11.5 Å². The summed E-state index contributed by atoms with van der Waals surface area (Å²) in [5.41, 5.74) is 4.59. The number of carbonyl (C=O) groups excluding carboxylic acids is 1. The molecular weight excluding hydrogens is 660 g/mol. The number of carbonyl (C=O) groups is 1. The van der Waals surface area contributed by atoms with Crippen molar-refractivity contribution in [1.29, 1.82) is 0 Å². The highest BCUT2D eigenvalue weighted by Crippen LogP contribution is 2.40. The molecular formula is C35H30Cl2FN5O3S. The average molecular weight is 691 g/mol. The predicted molar refractivity (Wildman–Crippen MR) is 184 cm³/mol. The van der Waals surface area contributed by atoms with Gasteiger partial charge >= 0.3 is 0 Å². The zero-order chi connectivity index (χ0) is 33.1. The number of nitrogens with zero attached hydrogens (tertiary/aromatic N) is 3. The molecule has 1 aliphatic rings. The predicted octanol–water partition coefficient (Wildman–Crippen LogP) is 8.84. The number of fused-ring (bicyclic) bond motifs is 1. The second kappa shape index (κ2) is 14.1. The molecule has 0 radical (unpaired) electrons. The van der Waals surface area contributed by atoms with Gasteiger partial charge in [-0.2, -0.15) is 4.98 Å². The Morgan fingerprint density at radius 3 is 2.53 bits per heavy atom. The molecule has 4 aromatic carbocycles. The lowest BCUT2D eigenvalue weighted by Crippen LogP contribution is -2.31. The number of thioether (sulfide) groups is 1. The topological polar surface area (TPSA) is 90.3 Å². The normalized spacial score (nSPS) is 14.0. The van der Waals surface area contributed by atoms with Crippen molar-refractivity contribution in [3.63, 3.8) is 0 Å². The number of aryl methyl sites for hydroxylation is 1. The van der Waals surface area contributed by atoms with E-state index in [9.17, 15) is 9.18 Å². The van der Waals surface area contributed by atoms with Gasteiger partial charge in [-0.15, -0.1) is 5.10 Å². The van der Waals surface area contributed by atoms with Crippen molar-refractivity contribution in [2.24, 2.45) is 0 Å². The average Bonchev–Trinajstić information content (AvgIpc) is 3.47. The maximum Gasteiger partial charge on any atom is 0.255 e. The lowest BCUT2D eigenvalue weighted by Gasteiger charge is -2.29. The van der Waals surface area contributed by atoms with Gasteiger partial charge in [-0.3, -0.25) is 4.79 Å². The third-order valence-corrected chi connectivity index (χ3v) is 9.33. The Morgan fingerprint density at radius 2 is 1.77 bits per heavy atom. The highest BCUT2D eigenvalue weighted by molar-refractivity contribution is 7.98. The van der Waals surface area contributed by atoms with Crippen LogP contribution in [0.15, 0.2) is 101 Å². The fourth-order valence-corrected chi connectivity index (χ4v) is 6.58. The molecule has 47 heavy (non-hydrogen) atoms. The smallest absolute Gasteiger partial charge is 0.255 e. The first kappa shape index (κ1) is 32.4. The Balaban J connectivity index is 1.36. The monoisotopic (exact) mass is 689 g/mol. The molecule has 0 saturated carbocycles. The van der Waals surface area contributed by atoms with Crippen LogP contribution >= 0.6 is 35.0 Å². The minimum absolute atomic E-state index is 0.100. The van der Waals surface area contributed by atoms with Crippen molar-refractivity contribution in [2.45, 2.75) is 37.4 Å². The number of hydrogen-bond donors (Lipinski definition) is 2. The van der Waals surface area contributed by atoms with Crippen LogP contribution in [-0.2, 0) is 17.2 Å². The van der Waals surface area contributed by atoms with Crippen LogP contribution in [0.25, 0.3) is 0 Å². The summed E-state index contributed by atoms with van der Waals surface area (Å²) < 4.78 is 27.8. The third kappa shape index (κ3) is 6.95. The molecule has 1 aromatic heterocycles. The Hall–Kier alpha value is -4.51. The van der Waals surface area contributed by atoms with E-state index in [0.717, 1.165) is 11.1 Å². The van der Waals surface area contributed by atoms with Crippen LogP contribution in [0.5, 0.6) is 11.5 Å². The molecule has 5 aromatic rings. The second-order valence-corrected chi connectivity index (χ2v) is 12.5. The van der Waals surface area contributed by atoms with Crippen LogP contribution in [0.2, 0.25) is 10.0 Å². The molecule has 12 heteroatoms. The van der Waals surface area contributed by atoms with Crippen LogP contribution in [0.3, 0.4) is 0 Å². The number of aromatic nitrogens is 3. The first-order valence-electron chi connectivity index (χ1n) is 14.6. The van der Waals surface area contributed by atoms with Gasteiger partial charge in [0.2, 0.25) is 11.1 Å². The highest BCUT2D eigenvalue weighted by atomic mass is 35.5. The number of benzene rings is 4. The molecule has 0 saturated heterocycles. The van der Waals surface area contributed by atoms with Gasteiger partial charge in [0, 0.05) is 27.7 Å². The van der Waals surface area contributed by atoms with Gasteiger partial charge in [0.1, 0.15) is 18.5 Å². The van der Waals surface area contributed by atoms with E-state index in [2.05, 4.69) is 10.6 Å². The lowest BCUT2D eigenvalue weighted by molar-refractivity contribution is -0.113. The van der Waals surface area contributed by atoms with Gasteiger partial charge in [-0.25, -0.2) is 9.07 Å². The summed E-state index contributed by atoms with van der Waals surface area (Å²) in [4.78, 5) is 18.8. The van der Waals surface area contributed by atoms with E-state index < -0.39 is 11.9 Å². The lowest BCUT2D eigenvalue weighted by atomic mass is 9.94. The molecule has 0 bridgehead atoms. The first-order valence-corrected chi connectivity index (χ1v) is 16.4. The van der Waals surface area contributed by atoms with E-state index in [0.29, 0.717) is 55.9 Å². The van der Waals surface area contributed by atoms with E-state index in [1.54, 1.807) is 22.9 Å². The summed E-state index contributed by atoms with van der Waals surface area (Å²) in [7, 11) is 1.52. The number of halogens is 3. The Morgan fingerprint density at radius 1 is 1.00 bits per heavy atom. The molecule has 1 unspecified atom stereocenters. The number of amides is 1. The second-order valence-electron chi connectivity index (χ2n) is 10.8. The Kier molecular flexibility index (Phi) is 9.72. The molecule has 1 aliphatic heterocycles. The van der Waals surface area contributed by atoms with Crippen molar-refractivity contribution in [3.8, 4) is 11.5 Å². The van der Waals surface area contributed by atoms with E-state index in [1.165, 1.54) is 31.0 Å². The molecule has 0 aliphatic carbocycles. The van der Waals surface area contributed by atoms with Crippen molar-refractivity contribution in [2.75, 3.05) is 17.7 Å². The number of rotatable bonds is 10. The minimum atomic E-state index is -0.679. The van der Waals surface area contributed by atoms with E-state index >= 15 is 0 Å². The molecule has 240 valence electrons. The third-order valence-electron chi connectivity index (χ3n) is 7.72. The number of nitrogens with one attached hydrogen (secondary N) is 2. The number of anilines is 2. The van der Waals surface area contributed by atoms with Gasteiger partial charge in [-0.05, 0) is 66.9 Å². The maximum absolute atomic E-state index is 14.4. The number of para-hydroxylation sites is 1. The number of hydrogen-bond acceptors (Lipinski definition) is 7. The summed E-state index contributed by atoms with van der Waals surface area (Å²) in [6.45, 7) is 3.67. The van der Waals surface area contributed by atoms with Gasteiger partial charge in [0.05, 0.1) is 17.7 Å².